The summed E-state index contributed by atoms with van der Waals surface area (Å²) in [5, 5.41) is 5.85. The van der Waals surface area contributed by atoms with Gasteiger partial charge in [0.1, 0.15) is 5.82 Å². The van der Waals surface area contributed by atoms with Gasteiger partial charge in [-0.15, -0.1) is 0 Å². The van der Waals surface area contributed by atoms with E-state index in [1.54, 1.807) is 18.3 Å². The summed E-state index contributed by atoms with van der Waals surface area (Å²) < 4.78 is 5.14. The first-order chi connectivity index (χ1) is 8.27. The summed E-state index contributed by atoms with van der Waals surface area (Å²) in [6.45, 7) is 6.40. The van der Waals surface area contributed by atoms with E-state index in [4.69, 9.17) is 4.74 Å². The van der Waals surface area contributed by atoms with E-state index in [0.29, 0.717) is 31.1 Å². The fraction of sp³-hybridized carbons (Fsp3) is 0.500. The normalized spacial score (nSPS) is 10.0. The molecule has 0 bridgehead atoms. The molecule has 1 amide bonds. The van der Waals surface area contributed by atoms with Gasteiger partial charge in [0.2, 0.25) is 0 Å². The van der Waals surface area contributed by atoms with Crippen LogP contribution in [0.4, 0.5) is 5.82 Å². The monoisotopic (exact) mass is 237 g/mol. The Morgan fingerprint density at radius 2 is 2.29 bits per heavy atom. The van der Waals surface area contributed by atoms with Gasteiger partial charge in [0.15, 0.2) is 0 Å². The molecule has 5 heteroatoms. The van der Waals surface area contributed by atoms with Crippen LogP contribution in [0.15, 0.2) is 18.3 Å². The van der Waals surface area contributed by atoms with Gasteiger partial charge in [-0.3, -0.25) is 4.79 Å². The largest absolute Gasteiger partial charge is 0.380 e. The molecule has 0 saturated heterocycles. The zero-order valence-corrected chi connectivity index (χ0v) is 10.3. The van der Waals surface area contributed by atoms with Crippen LogP contribution in [0.5, 0.6) is 0 Å². The second-order valence-corrected chi connectivity index (χ2v) is 3.41. The summed E-state index contributed by atoms with van der Waals surface area (Å²) in [6, 6.07) is 3.43. The molecule has 1 rings (SSSR count). The summed E-state index contributed by atoms with van der Waals surface area (Å²) in [7, 11) is 0. The van der Waals surface area contributed by atoms with E-state index in [0.717, 1.165) is 6.54 Å². The number of nitrogens with zero attached hydrogens (tertiary/aromatic N) is 1. The van der Waals surface area contributed by atoms with Gasteiger partial charge < -0.3 is 15.4 Å². The van der Waals surface area contributed by atoms with Crippen LogP contribution >= 0.6 is 0 Å². The topological polar surface area (TPSA) is 63.2 Å². The fourth-order valence-electron chi connectivity index (χ4n) is 1.33. The zero-order valence-electron chi connectivity index (χ0n) is 10.3. The molecular weight excluding hydrogens is 218 g/mol. The highest BCUT2D eigenvalue weighted by Gasteiger charge is 2.05. The molecule has 1 heterocycles. The van der Waals surface area contributed by atoms with Gasteiger partial charge in [0.25, 0.3) is 5.91 Å². The van der Waals surface area contributed by atoms with E-state index in [-0.39, 0.29) is 5.91 Å². The molecule has 1 aromatic heterocycles. The predicted octanol–water partition coefficient (Wildman–Crippen LogP) is 1.28. The minimum atomic E-state index is -0.105. The molecule has 1 aromatic rings. The number of nitrogens with one attached hydrogen (secondary N) is 2. The van der Waals surface area contributed by atoms with E-state index in [1.165, 1.54) is 0 Å². The van der Waals surface area contributed by atoms with Gasteiger partial charge in [0, 0.05) is 31.5 Å². The number of hydrogen-bond acceptors (Lipinski definition) is 4. The lowest BCUT2D eigenvalue weighted by Gasteiger charge is -2.07. The minimum Gasteiger partial charge on any atom is -0.380 e. The van der Waals surface area contributed by atoms with Crippen molar-refractivity contribution in [1.82, 2.24) is 10.3 Å². The fourth-order valence-corrected chi connectivity index (χ4v) is 1.33. The van der Waals surface area contributed by atoms with Crippen molar-refractivity contribution in [2.45, 2.75) is 13.8 Å². The number of carbonyl (C=O) groups excluding carboxylic acids is 1. The van der Waals surface area contributed by atoms with E-state index >= 15 is 0 Å². The Morgan fingerprint density at radius 3 is 3.00 bits per heavy atom. The van der Waals surface area contributed by atoms with Crippen LogP contribution in [0.1, 0.15) is 24.2 Å². The summed E-state index contributed by atoms with van der Waals surface area (Å²) in [4.78, 5) is 15.8. The van der Waals surface area contributed by atoms with Crippen molar-refractivity contribution in [1.29, 1.82) is 0 Å². The van der Waals surface area contributed by atoms with E-state index in [1.807, 2.05) is 13.8 Å². The molecule has 2 N–H and O–H groups in total. The van der Waals surface area contributed by atoms with Gasteiger partial charge in [-0.2, -0.15) is 0 Å². The lowest BCUT2D eigenvalue weighted by Crippen LogP contribution is -2.27. The maximum Gasteiger partial charge on any atom is 0.251 e. The van der Waals surface area contributed by atoms with Crippen molar-refractivity contribution in [2.75, 3.05) is 31.6 Å². The van der Waals surface area contributed by atoms with E-state index < -0.39 is 0 Å². The standard InChI is InChI=1S/C12H19N3O2/c1-3-13-11-9-10(5-6-14-11)12(16)15-7-8-17-4-2/h5-6,9H,3-4,7-8H2,1-2H3,(H,13,14)(H,15,16). The second kappa shape index (κ2) is 7.62. The Kier molecular flexibility index (Phi) is 6.03. The molecule has 0 aliphatic rings. The third kappa shape index (κ3) is 4.82. The number of aromatic nitrogens is 1. The second-order valence-electron chi connectivity index (χ2n) is 3.41. The first-order valence-corrected chi connectivity index (χ1v) is 5.83. The van der Waals surface area contributed by atoms with Crippen molar-refractivity contribution >= 4 is 11.7 Å². The van der Waals surface area contributed by atoms with Gasteiger partial charge in [-0.1, -0.05) is 0 Å². The molecule has 0 saturated carbocycles. The summed E-state index contributed by atoms with van der Waals surface area (Å²) >= 11 is 0. The van der Waals surface area contributed by atoms with Gasteiger partial charge in [-0.25, -0.2) is 4.98 Å². The van der Waals surface area contributed by atoms with Gasteiger partial charge in [-0.05, 0) is 26.0 Å². The number of carbonyl (C=O) groups is 1. The summed E-state index contributed by atoms with van der Waals surface area (Å²) in [6.07, 6.45) is 1.62. The van der Waals surface area contributed by atoms with E-state index in [2.05, 4.69) is 15.6 Å². The van der Waals surface area contributed by atoms with Crippen molar-refractivity contribution in [3.63, 3.8) is 0 Å². The highest BCUT2D eigenvalue weighted by molar-refractivity contribution is 5.94. The number of ether oxygens (including phenoxy) is 1. The molecule has 0 spiro atoms. The predicted molar refractivity (Wildman–Crippen MR) is 67.2 cm³/mol. The highest BCUT2D eigenvalue weighted by Crippen LogP contribution is 2.06. The number of pyridine rings is 1. The van der Waals surface area contributed by atoms with Crippen LogP contribution in [-0.2, 0) is 4.74 Å². The molecule has 0 atom stereocenters. The third-order valence-electron chi connectivity index (χ3n) is 2.12. The van der Waals surface area contributed by atoms with Crippen molar-refractivity contribution in [3.8, 4) is 0 Å². The molecule has 94 valence electrons. The Morgan fingerprint density at radius 1 is 1.47 bits per heavy atom. The lowest BCUT2D eigenvalue weighted by atomic mass is 10.2. The highest BCUT2D eigenvalue weighted by atomic mass is 16.5. The molecule has 5 nitrogen and oxygen atoms in total. The van der Waals surface area contributed by atoms with Crippen LogP contribution in [0, 0.1) is 0 Å². The van der Waals surface area contributed by atoms with Crippen LogP contribution in [0.2, 0.25) is 0 Å². The summed E-state index contributed by atoms with van der Waals surface area (Å²) in [5.74, 6) is 0.608. The molecular formula is C12H19N3O2. The van der Waals surface area contributed by atoms with Crippen LogP contribution in [0.25, 0.3) is 0 Å². The first-order valence-electron chi connectivity index (χ1n) is 5.83. The summed E-state index contributed by atoms with van der Waals surface area (Å²) in [5.41, 5.74) is 0.604. The Balaban J connectivity index is 2.47. The molecule has 0 unspecified atom stereocenters. The lowest BCUT2D eigenvalue weighted by molar-refractivity contribution is 0.0922. The molecule has 0 aliphatic heterocycles. The SMILES string of the molecule is CCNc1cc(C(=O)NCCOCC)ccn1. The Labute approximate surface area is 102 Å². The van der Waals surface area contributed by atoms with Crippen molar-refractivity contribution < 1.29 is 9.53 Å². The van der Waals surface area contributed by atoms with Crippen LogP contribution < -0.4 is 10.6 Å². The minimum absolute atomic E-state index is 0.105. The van der Waals surface area contributed by atoms with Gasteiger partial charge >= 0.3 is 0 Å². The molecule has 0 aromatic carbocycles. The third-order valence-corrected chi connectivity index (χ3v) is 2.12. The van der Waals surface area contributed by atoms with Crippen LogP contribution in [0.3, 0.4) is 0 Å². The number of hydrogen-bond donors (Lipinski definition) is 2. The van der Waals surface area contributed by atoms with E-state index in [9.17, 15) is 4.79 Å². The number of amides is 1. The first kappa shape index (κ1) is 13.4. The average molecular weight is 237 g/mol. The molecule has 0 radical (unpaired) electrons. The quantitative estimate of drug-likeness (QED) is 0.701. The Bertz CT molecular complexity index is 355. The Hall–Kier alpha value is -1.62. The number of anilines is 1. The average Bonchev–Trinajstić information content (AvgIpc) is 2.35. The maximum absolute atomic E-state index is 11.7. The van der Waals surface area contributed by atoms with Crippen molar-refractivity contribution in [2.24, 2.45) is 0 Å². The zero-order chi connectivity index (χ0) is 12.5. The maximum atomic E-state index is 11.7. The number of rotatable bonds is 7. The van der Waals surface area contributed by atoms with Gasteiger partial charge in [0.05, 0.1) is 6.61 Å². The van der Waals surface area contributed by atoms with Crippen LogP contribution in [-0.4, -0.2) is 37.2 Å². The molecule has 0 fully saturated rings. The molecule has 17 heavy (non-hydrogen) atoms. The molecule has 0 aliphatic carbocycles. The van der Waals surface area contributed by atoms with Crippen molar-refractivity contribution in [3.05, 3.63) is 23.9 Å². The smallest absolute Gasteiger partial charge is 0.251 e.